The van der Waals surface area contributed by atoms with E-state index in [2.05, 4.69) is 12.2 Å². The maximum Gasteiger partial charge on any atom is 0.307 e. The third kappa shape index (κ3) is 5.31. The molecule has 1 aliphatic carbocycles. The summed E-state index contributed by atoms with van der Waals surface area (Å²) in [6.07, 6.45) is 21.4. The van der Waals surface area contributed by atoms with E-state index in [4.69, 9.17) is 9.84 Å². The molecule has 0 aromatic rings. The molecule has 4 nitrogen and oxygen atoms in total. The number of carboxylic acid groups (broad SMARTS) is 1. The molecule has 2 N–H and O–H groups in total. The second-order valence-electron chi connectivity index (χ2n) is 8.06. The maximum atomic E-state index is 10.5. The van der Waals surface area contributed by atoms with Crippen LogP contribution in [0.15, 0.2) is 36.5 Å². The van der Waals surface area contributed by atoms with Gasteiger partial charge in [-0.1, -0.05) is 62.1 Å². The van der Waals surface area contributed by atoms with Gasteiger partial charge in [-0.2, -0.15) is 0 Å². The largest absolute Gasteiger partial charge is 0.481 e. The average Bonchev–Trinajstić information content (AvgIpc) is 3.33. The molecule has 2 heterocycles. The highest BCUT2D eigenvalue weighted by Crippen LogP contribution is 2.46. The van der Waals surface area contributed by atoms with Crippen molar-refractivity contribution in [1.82, 2.24) is 0 Å². The zero-order valence-electron chi connectivity index (χ0n) is 15.5. The van der Waals surface area contributed by atoms with Gasteiger partial charge in [0.05, 0.1) is 24.7 Å². The predicted octanol–water partition coefficient (Wildman–Crippen LogP) is 4.25. The minimum atomic E-state index is -0.808. The molecule has 0 radical (unpaired) electrons. The Balaban J connectivity index is 1.49. The monoisotopic (exact) mass is 360 g/mol. The van der Waals surface area contributed by atoms with Gasteiger partial charge in [-0.05, 0) is 37.5 Å². The Bertz CT molecular complexity index is 544. The van der Waals surface area contributed by atoms with Crippen LogP contribution in [0.5, 0.6) is 0 Å². The molecule has 2 aliphatic heterocycles. The van der Waals surface area contributed by atoms with Crippen molar-refractivity contribution < 1.29 is 19.7 Å². The molecule has 26 heavy (non-hydrogen) atoms. The number of aliphatic hydroxyl groups excluding tert-OH is 1. The highest BCUT2D eigenvalue weighted by Gasteiger charge is 2.46. The van der Waals surface area contributed by atoms with Gasteiger partial charge in [-0.3, -0.25) is 4.79 Å². The number of aliphatic carboxylic acids is 1. The minimum absolute atomic E-state index is 0.0613. The Kier molecular flexibility index (Phi) is 7.09. The SMILES string of the molecule is O=C(O)CC=CC=CC[C@H]1[C@@H](C=CC(O)CC2CCCC2)[C@H]2CC[C@@H]1O2. The Labute approximate surface area is 156 Å². The molecule has 0 spiro atoms. The summed E-state index contributed by atoms with van der Waals surface area (Å²) < 4.78 is 6.11. The summed E-state index contributed by atoms with van der Waals surface area (Å²) in [6.45, 7) is 0. The van der Waals surface area contributed by atoms with Gasteiger partial charge >= 0.3 is 5.97 Å². The van der Waals surface area contributed by atoms with Gasteiger partial charge in [0.15, 0.2) is 0 Å². The fourth-order valence-electron chi connectivity index (χ4n) is 4.87. The summed E-state index contributed by atoms with van der Waals surface area (Å²) in [4.78, 5) is 10.5. The second kappa shape index (κ2) is 9.52. The number of allylic oxidation sites excluding steroid dienone is 3. The number of rotatable bonds is 9. The molecule has 1 saturated carbocycles. The maximum absolute atomic E-state index is 10.5. The van der Waals surface area contributed by atoms with Crippen molar-refractivity contribution >= 4 is 5.97 Å². The molecule has 0 amide bonds. The Morgan fingerprint density at radius 1 is 1.08 bits per heavy atom. The summed E-state index contributed by atoms with van der Waals surface area (Å²) >= 11 is 0. The average molecular weight is 360 g/mol. The van der Waals surface area contributed by atoms with Crippen molar-refractivity contribution in [2.45, 2.75) is 76.1 Å². The molecule has 5 atom stereocenters. The Morgan fingerprint density at radius 3 is 2.58 bits per heavy atom. The van der Waals surface area contributed by atoms with E-state index in [0.29, 0.717) is 30.0 Å². The van der Waals surface area contributed by atoms with E-state index in [-0.39, 0.29) is 12.5 Å². The molecular weight excluding hydrogens is 328 g/mol. The molecule has 1 unspecified atom stereocenters. The molecule has 2 bridgehead atoms. The van der Waals surface area contributed by atoms with Gasteiger partial charge in [-0.15, -0.1) is 0 Å². The fourth-order valence-corrected chi connectivity index (χ4v) is 4.87. The number of aliphatic hydroxyl groups is 1. The van der Waals surface area contributed by atoms with E-state index in [1.165, 1.54) is 25.7 Å². The van der Waals surface area contributed by atoms with Gasteiger partial charge < -0.3 is 14.9 Å². The number of hydrogen-bond acceptors (Lipinski definition) is 3. The smallest absolute Gasteiger partial charge is 0.307 e. The van der Waals surface area contributed by atoms with Gasteiger partial charge in [0.25, 0.3) is 0 Å². The molecule has 3 aliphatic rings. The van der Waals surface area contributed by atoms with Gasteiger partial charge in [0.2, 0.25) is 0 Å². The highest BCUT2D eigenvalue weighted by atomic mass is 16.5. The van der Waals surface area contributed by atoms with Crippen molar-refractivity contribution in [3.05, 3.63) is 36.5 Å². The van der Waals surface area contributed by atoms with Crippen LogP contribution in [0.4, 0.5) is 0 Å². The first-order chi connectivity index (χ1) is 12.6. The third-order valence-electron chi connectivity index (χ3n) is 6.18. The lowest BCUT2D eigenvalue weighted by molar-refractivity contribution is -0.136. The fraction of sp³-hybridized carbons (Fsp3) is 0.682. The molecule has 2 saturated heterocycles. The number of hydrogen-bond donors (Lipinski definition) is 2. The number of carbonyl (C=O) groups is 1. The Hall–Kier alpha value is -1.39. The topological polar surface area (TPSA) is 66.8 Å². The first-order valence-corrected chi connectivity index (χ1v) is 10.2. The van der Waals surface area contributed by atoms with Crippen molar-refractivity contribution in [2.24, 2.45) is 17.8 Å². The van der Waals surface area contributed by atoms with E-state index < -0.39 is 5.97 Å². The molecule has 3 rings (SSSR count). The van der Waals surface area contributed by atoms with Crippen LogP contribution in [0.1, 0.15) is 57.8 Å². The minimum Gasteiger partial charge on any atom is -0.481 e. The summed E-state index contributed by atoms with van der Waals surface area (Å²) in [6, 6.07) is 0. The first-order valence-electron chi connectivity index (χ1n) is 10.2. The summed E-state index contributed by atoms with van der Waals surface area (Å²) in [7, 11) is 0. The second-order valence-corrected chi connectivity index (χ2v) is 8.06. The van der Waals surface area contributed by atoms with Crippen LogP contribution < -0.4 is 0 Å². The Morgan fingerprint density at radius 2 is 1.81 bits per heavy atom. The quantitative estimate of drug-likeness (QED) is 0.476. The normalized spacial score (nSPS) is 33.3. The van der Waals surface area contributed by atoms with E-state index in [0.717, 1.165) is 25.7 Å². The first kappa shape index (κ1) is 19.4. The van der Waals surface area contributed by atoms with Crippen LogP contribution in [0.25, 0.3) is 0 Å². The molecule has 0 aromatic heterocycles. The van der Waals surface area contributed by atoms with E-state index in [1.54, 1.807) is 12.2 Å². The molecule has 3 fully saturated rings. The van der Waals surface area contributed by atoms with Gasteiger partial charge in [0, 0.05) is 5.92 Å². The lowest BCUT2D eigenvalue weighted by Crippen LogP contribution is -2.25. The highest BCUT2D eigenvalue weighted by molar-refractivity contribution is 5.68. The van der Waals surface area contributed by atoms with Crippen molar-refractivity contribution in [1.29, 1.82) is 0 Å². The lowest BCUT2D eigenvalue weighted by Gasteiger charge is -2.25. The number of carboxylic acids is 1. The molecular formula is C22H32O4. The summed E-state index contributed by atoms with van der Waals surface area (Å²) in [5.41, 5.74) is 0. The third-order valence-corrected chi connectivity index (χ3v) is 6.18. The van der Waals surface area contributed by atoms with Crippen LogP contribution >= 0.6 is 0 Å². The lowest BCUT2D eigenvalue weighted by atomic mass is 9.77. The van der Waals surface area contributed by atoms with Crippen LogP contribution in [-0.2, 0) is 9.53 Å². The van der Waals surface area contributed by atoms with Gasteiger partial charge in [-0.25, -0.2) is 0 Å². The molecule has 0 aromatic carbocycles. The number of ether oxygens (including phenoxy) is 1. The summed E-state index contributed by atoms with van der Waals surface area (Å²) in [5, 5.41) is 19.0. The van der Waals surface area contributed by atoms with Crippen LogP contribution in [0, 0.1) is 17.8 Å². The molecule has 4 heteroatoms. The van der Waals surface area contributed by atoms with Crippen molar-refractivity contribution in [2.75, 3.05) is 0 Å². The predicted molar refractivity (Wildman–Crippen MR) is 102 cm³/mol. The number of fused-ring (bicyclic) bond motifs is 2. The van der Waals surface area contributed by atoms with Crippen LogP contribution in [0.2, 0.25) is 0 Å². The van der Waals surface area contributed by atoms with Crippen LogP contribution in [-0.4, -0.2) is 34.5 Å². The standard InChI is InChI=1S/C22H32O4/c23-17(15-16-7-5-6-8-16)11-12-19-18(20-13-14-21(19)26-20)9-3-1-2-4-10-22(24)25/h1-4,11-12,16-21,23H,5-10,13-15H2,(H,24,25)/t17?,18-,19+,20-,21+/m0/s1. The van der Waals surface area contributed by atoms with Crippen molar-refractivity contribution in [3.63, 3.8) is 0 Å². The van der Waals surface area contributed by atoms with E-state index >= 15 is 0 Å². The van der Waals surface area contributed by atoms with Crippen LogP contribution in [0.3, 0.4) is 0 Å². The van der Waals surface area contributed by atoms with Crippen molar-refractivity contribution in [3.8, 4) is 0 Å². The zero-order valence-corrected chi connectivity index (χ0v) is 15.5. The van der Waals surface area contributed by atoms with E-state index in [9.17, 15) is 9.90 Å². The zero-order chi connectivity index (χ0) is 18.4. The van der Waals surface area contributed by atoms with E-state index in [1.807, 2.05) is 12.2 Å². The van der Waals surface area contributed by atoms with Gasteiger partial charge in [0.1, 0.15) is 0 Å². The summed E-state index contributed by atoms with van der Waals surface area (Å²) in [5.74, 6) is 0.743. The molecule has 144 valence electrons.